The summed E-state index contributed by atoms with van der Waals surface area (Å²) in [5, 5.41) is 12.2. The van der Waals surface area contributed by atoms with Crippen molar-refractivity contribution >= 4 is 16.7 Å². The second-order valence-corrected chi connectivity index (χ2v) is 9.14. The molecule has 0 aliphatic heterocycles. The van der Waals surface area contributed by atoms with Crippen LogP contribution >= 0.6 is 0 Å². The smallest absolute Gasteiger partial charge is 0.321 e. The van der Waals surface area contributed by atoms with Crippen molar-refractivity contribution in [3.05, 3.63) is 88.6 Å². The molecule has 5 rings (SSSR count). The van der Waals surface area contributed by atoms with Crippen molar-refractivity contribution in [2.75, 3.05) is 6.61 Å². The monoisotopic (exact) mass is 524 g/mol. The minimum absolute atomic E-state index is 0.0296. The van der Waals surface area contributed by atoms with E-state index in [1.54, 1.807) is 36.9 Å². The number of aromatic nitrogens is 5. The first-order valence-electron chi connectivity index (χ1n) is 12.6. The number of fused-ring (bicyclic) bond motifs is 1. The van der Waals surface area contributed by atoms with Crippen molar-refractivity contribution in [2.45, 2.75) is 33.3 Å². The number of hydrogen-bond donors (Lipinski definition) is 0. The van der Waals surface area contributed by atoms with E-state index in [1.807, 2.05) is 43.7 Å². The van der Waals surface area contributed by atoms with Crippen molar-refractivity contribution in [1.29, 1.82) is 0 Å². The zero-order valence-electron chi connectivity index (χ0n) is 22.2. The topological polar surface area (TPSA) is 118 Å². The highest BCUT2D eigenvalue weighted by Gasteiger charge is 2.25. The second kappa shape index (κ2) is 11.0. The van der Waals surface area contributed by atoms with E-state index in [4.69, 9.17) is 9.47 Å². The summed E-state index contributed by atoms with van der Waals surface area (Å²) in [5.74, 6) is 0.581. The molecule has 1 atom stereocenters. The molecule has 198 valence electrons. The van der Waals surface area contributed by atoms with Gasteiger partial charge in [-0.3, -0.25) is 10.1 Å². The Hall–Kier alpha value is -4.70. The Balaban J connectivity index is 1.75. The number of nitrogens with zero attached hydrogens (tertiary/aromatic N) is 6. The summed E-state index contributed by atoms with van der Waals surface area (Å²) in [6.45, 7) is 6.63. The van der Waals surface area contributed by atoms with E-state index in [-0.39, 0.29) is 17.8 Å². The zero-order valence-corrected chi connectivity index (χ0v) is 22.2. The maximum absolute atomic E-state index is 11.3. The third kappa shape index (κ3) is 5.06. The van der Waals surface area contributed by atoms with E-state index in [0.717, 1.165) is 51.1 Å². The lowest BCUT2D eigenvalue weighted by molar-refractivity contribution is -0.384. The molecular formula is C29H28N6O4. The first-order chi connectivity index (χ1) is 18.9. The number of rotatable bonds is 9. The van der Waals surface area contributed by atoms with E-state index in [2.05, 4.69) is 26.9 Å². The van der Waals surface area contributed by atoms with E-state index in [9.17, 15) is 10.1 Å². The third-order valence-electron chi connectivity index (χ3n) is 6.56. The summed E-state index contributed by atoms with van der Waals surface area (Å²) in [7, 11) is 1.94. The van der Waals surface area contributed by atoms with Crippen molar-refractivity contribution in [2.24, 2.45) is 7.05 Å². The highest BCUT2D eigenvalue weighted by atomic mass is 16.6. The molecule has 0 radical (unpaired) electrons. The Kier molecular flexibility index (Phi) is 7.29. The summed E-state index contributed by atoms with van der Waals surface area (Å²) in [6, 6.07) is 14.4. The molecule has 0 spiro atoms. The zero-order chi connectivity index (χ0) is 27.5. The SMILES string of the molecule is CCCOC(C)c1cc(Oc2ncccn2)ccc1-c1c(-c2ccc([N+](=O)[O-])cc2)n(C)c2ncnc(C)c12. The molecule has 39 heavy (non-hydrogen) atoms. The molecule has 0 aliphatic carbocycles. The molecule has 5 aromatic rings. The van der Waals surface area contributed by atoms with Gasteiger partial charge in [0.1, 0.15) is 17.7 Å². The lowest BCUT2D eigenvalue weighted by Crippen LogP contribution is -2.04. The van der Waals surface area contributed by atoms with Crippen LogP contribution in [0.1, 0.15) is 37.6 Å². The fourth-order valence-corrected chi connectivity index (χ4v) is 4.74. The number of ether oxygens (including phenoxy) is 2. The average molecular weight is 525 g/mol. The summed E-state index contributed by atoms with van der Waals surface area (Å²) < 4.78 is 14.1. The van der Waals surface area contributed by atoms with E-state index < -0.39 is 4.92 Å². The summed E-state index contributed by atoms with van der Waals surface area (Å²) in [6.07, 6.45) is 5.42. The average Bonchev–Trinajstić information content (AvgIpc) is 3.25. The fourth-order valence-electron chi connectivity index (χ4n) is 4.74. The van der Waals surface area contributed by atoms with Crippen LogP contribution in [0.4, 0.5) is 5.69 Å². The lowest BCUT2D eigenvalue weighted by atomic mass is 9.92. The van der Waals surface area contributed by atoms with E-state index >= 15 is 0 Å². The van der Waals surface area contributed by atoms with Gasteiger partial charge in [0.25, 0.3) is 5.69 Å². The highest BCUT2D eigenvalue weighted by Crippen LogP contribution is 2.44. The van der Waals surface area contributed by atoms with Crippen molar-refractivity contribution in [3.8, 4) is 34.1 Å². The quantitative estimate of drug-likeness (QED) is 0.157. The Labute approximate surface area is 225 Å². The Morgan fingerprint density at radius 2 is 1.79 bits per heavy atom. The molecule has 0 saturated carbocycles. The van der Waals surface area contributed by atoms with Crippen molar-refractivity contribution in [3.63, 3.8) is 0 Å². The molecule has 0 N–H and O–H groups in total. The van der Waals surface area contributed by atoms with Gasteiger partial charge in [0.2, 0.25) is 0 Å². The van der Waals surface area contributed by atoms with Crippen LogP contribution < -0.4 is 4.74 Å². The highest BCUT2D eigenvalue weighted by molar-refractivity contribution is 6.05. The Morgan fingerprint density at radius 1 is 1.05 bits per heavy atom. The maximum Gasteiger partial charge on any atom is 0.321 e. The van der Waals surface area contributed by atoms with Crippen LogP contribution in [-0.2, 0) is 11.8 Å². The largest absolute Gasteiger partial charge is 0.424 e. The molecule has 0 saturated heterocycles. The third-order valence-corrected chi connectivity index (χ3v) is 6.56. The molecule has 0 amide bonds. The molecule has 1 unspecified atom stereocenters. The number of nitro groups is 1. The predicted octanol–water partition coefficient (Wildman–Crippen LogP) is 6.59. The number of hydrogen-bond acceptors (Lipinski definition) is 8. The number of non-ortho nitro benzene ring substituents is 1. The Morgan fingerprint density at radius 3 is 2.49 bits per heavy atom. The fraction of sp³-hybridized carbons (Fsp3) is 0.241. The lowest BCUT2D eigenvalue weighted by Gasteiger charge is -2.20. The first kappa shape index (κ1) is 25.9. The van der Waals surface area contributed by atoms with Gasteiger partial charge < -0.3 is 14.0 Å². The van der Waals surface area contributed by atoms with Gasteiger partial charge in [-0.15, -0.1) is 0 Å². The predicted molar refractivity (Wildman–Crippen MR) is 148 cm³/mol. The van der Waals surface area contributed by atoms with Gasteiger partial charge in [0, 0.05) is 49.1 Å². The van der Waals surface area contributed by atoms with Crippen LogP contribution in [0.5, 0.6) is 11.8 Å². The molecule has 2 aromatic carbocycles. The second-order valence-electron chi connectivity index (χ2n) is 9.14. The number of aryl methyl sites for hydroxylation is 2. The van der Waals surface area contributed by atoms with E-state index in [1.165, 1.54) is 12.1 Å². The van der Waals surface area contributed by atoms with Crippen LogP contribution in [0.3, 0.4) is 0 Å². The Bertz CT molecular complexity index is 1630. The van der Waals surface area contributed by atoms with Gasteiger partial charge in [-0.2, -0.15) is 0 Å². The molecular weight excluding hydrogens is 496 g/mol. The van der Waals surface area contributed by atoms with Gasteiger partial charge in [-0.05, 0) is 67.3 Å². The minimum Gasteiger partial charge on any atom is -0.424 e. The van der Waals surface area contributed by atoms with Gasteiger partial charge in [-0.25, -0.2) is 19.9 Å². The van der Waals surface area contributed by atoms with Crippen LogP contribution in [0, 0.1) is 17.0 Å². The summed E-state index contributed by atoms with van der Waals surface area (Å²) in [4.78, 5) is 28.3. The van der Waals surface area contributed by atoms with Gasteiger partial charge >= 0.3 is 6.01 Å². The van der Waals surface area contributed by atoms with Crippen LogP contribution in [-0.4, -0.2) is 36.0 Å². The van der Waals surface area contributed by atoms with Gasteiger partial charge in [0.05, 0.1) is 22.4 Å². The molecule has 3 aromatic heterocycles. The molecule has 0 fully saturated rings. The van der Waals surface area contributed by atoms with Crippen LogP contribution in [0.15, 0.2) is 67.3 Å². The molecule has 0 bridgehead atoms. The maximum atomic E-state index is 11.3. The minimum atomic E-state index is -0.401. The van der Waals surface area contributed by atoms with Gasteiger partial charge in [0.15, 0.2) is 0 Å². The van der Waals surface area contributed by atoms with Crippen LogP contribution in [0.2, 0.25) is 0 Å². The van der Waals surface area contributed by atoms with Crippen LogP contribution in [0.25, 0.3) is 33.4 Å². The standard InChI is InChI=1S/C29H28N6O4/c1-5-15-38-19(3)24-16-22(39-29-30-13-6-14-31-29)11-12-23(24)26-25-18(2)32-17-33-28(25)34(4)27(26)20-7-9-21(10-8-20)35(36)37/h6-14,16-17,19H,5,15H2,1-4H3. The first-order valence-corrected chi connectivity index (χ1v) is 12.6. The molecule has 10 nitrogen and oxygen atoms in total. The number of nitro benzene ring substituents is 1. The number of benzene rings is 2. The van der Waals surface area contributed by atoms with E-state index in [0.29, 0.717) is 12.4 Å². The van der Waals surface area contributed by atoms with Crippen molar-refractivity contribution in [1.82, 2.24) is 24.5 Å². The molecule has 3 heterocycles. The summed E-state index contributed by atoms with van der Waals surface area (Å²) >= 11 is 0. The summed E-state index contributed by atoms with van der Waals surface area (Å²) in [5.41, 5.74) is 6.06. The molecule has 0 aliphatic rings. The normalized spacial score (nSPS) is 12.0. The van der Waals surface area contributed by atoms with Gasteiger partial charge in [-0.1, -0.05) is 13.0 Å². The molecule has 10 heteroatoms. The van der Waals surface area contributed by atoms with Crippen molar-refractivity contribution < 1.29 is 14.4 Å².